The van der Waals surface area contributed by atoms with Crippen LogP contribution in [0.1, 0.15) is 33.1 Å². The van der Waals surface area contributed by atoms with Crippen molar-refractivity contribution in [3.63, 3.8) is 0 Å². The van der Waals surface area contributed by atoms with Crippen LogP contribution < -0.4 is 5.32 Å². The first-order valence-electron chi connectivity index (χ1n) is 6.48. The smallest absolute Gasteiger partial charge is 0.151 e. The van der Waals surface area contributed by atoms with Crippen LogP contribution in [0.2, 0.25) is 0 Å². The van der Waals surface area contributed by atoms with Crippen LogP contribution >= 0.6 is 0 Å². The van der Waals surface area contributed by atoms with Gasteiger partial charge in [0.1, 0.15) is 0 Å². The third-order valence-electron chi connectivity index (χ3n) is 4.36. The molecule has 0 bridgehead atoms. The van der Waals surface area contributed by atoms with Crippen LogP contribution in [-0.4, -0.2) is 56.0 Å². The Morgan fingerprint density at radius 3 is 2.53 bits per heavy atom. The molecule has 2 aliphatic heterocycles. The number of hydrogen-bond donors (Lipinski definition) is 1. The summed E-state index contributed by atoms with van der Waals surface area (Å²) in [5, 5.41) is 3.32. The fourth-order valence-corrected chi connectivity index (χ4v) is 4.88. The van der Waals surface area contributed by atoms with E-state index in [1.807, 2.05) is 7.05 Å². The molecule has 0 spiro atoms. The Morgan fingerprint density at radius 2 is 2.00 bits per heavy atom. The Morgan fingerprint density at radius 1 is 1.29 bits per heavy atom. The van der Waals surface area contributed by atoms with Crippen molar-refractivity contribution in [3.8, 4) is 0 Å². The molecule has 2 rings (SSSR count). The number of rotatable bonds is 2. The molecule has 1 N–H and O–H groups in total. The molecule has 2 saturated heterocycles. The molecular weight excluding hydrogens is 236 g/mol. The minimum atomic E-state index is -2.78. The van der Waals surface area contributed by atoms with Crippen molar-refractivity contribution in [1.82, 2.24) is 10.2 Å². The Hall–Kier alpha value is -0.130. The summed E-state index contributed by atoms with van der Waals surface area (Å²) in [5.74, 6) is 0.724. The van der Waals surface area contributed by atoms with Crippen LogP contribution in [0.3, 0.4) is 0 Å². The zero-order chi connectivity index (χ0) is 12.7. The van der Waals surface area contributed by atoms with Gasteiger partial charge in [-0.05, 0) is 40.2 Å². The van der Waals surface area contributed by atoms with Crippen molar-refractivity contribution in [2.75, 3.05) is 25.1 Å². The average molecular weight is 260 g/mol. The zero-order valence-electron chi connectivity index (χ0n) is 11.1. The molecule has 2 aliphatic rings. The predicted octanol–water partition coefficient (Wildman–Crippen LogP) is 0.636. The molecule has 2 fully saturated rings. The van der Waals surface area contributed by atoms with E-state index >= 15 is 0 Å². The van der Waals surface area contributed by atoms with E-state index in [0.29, 0.717) is 17.5 Å². The van der Waals surface area contributed by atoms with Gasteiger partial charge < -0.3 is 5.32 Å². The van der Waals surface area contributed by atoms with Crippen LogP contribution in [0.15, 0.2) is 0 Å². The zero-order valence-corrected chi connectivity index (χ0v) is 11.9. The molecule has 0 aromatic rings. The Labute approximate surface area is 105 Å². The largest absolute Gasteiger partial charge is 0.316 e. The molecule has 5 heteroatoms. The number of hydrogen-bond acceptors (Lipinski definition) is 4. The molecule has 4 nitrogen and oxygen atoms in total. The summed E-state index contributed by atoms with van der Waals surface area (Å²) in [4.78, 5) is 2.42. The number of nitrogens with one attached hydrogen (secondary N) is 1. The highest BCUT2D eigenvalue weighted by Crippen LogP contribution is 2.32. The molecule has 0 aromatic heterocycles. The minimum Gasteiger partial charge on any atom is -0.316 e. The maximum atomic E-state index is 11.6. The van der Waals surface area contributed by atoms with Crippen LogP contribution in [0.5, 0.6) is 0 Å². The second-order valence-corrected chi connectivity index (χ2v) is 8.27. The van der Waals surface area contributed by atoms with Crippen LogP contribution in [0, 0.1) is 0 Å². The monoisotopic (exact) mass is 260 g/mol. The minimum absolute atomic E-state index is 0.137. The summed E-state index contributed by atoms with van der Waals surface area (Å²) in [6, 6.07) is 0.734. The normalized spacial score (nSPS) is 37.1. The number of piperidine rings is 1. The van der Waals surface area contributed by atoms with Gasteiger partial charge in [-0.25, -0.2) is 8.42 Å². The second-order valence-electron chi connectivity index (χ2n) is 6.05. The van der Waals surface area contributed by atoms with Gasteiger partial charge in [0.25, 0.3) is 0 Å². The first kappa shape index (κ1) is 13.3. The highest BCUT2D eigenvalue weighted by Gasteiger charge is 2.41. The summed E-state index contributed by atoms with van der Waals surface area (Å²) in [6.07, 6.45) is 3.12. The lowest BCUT2D eigenvalue weighted by Gasteiger charge is -2.48. The van der Waals surface area contributed by atoms with E-state index in [0.717, 1.165) is 19.4 Å². The van der Waals surface area contributed by atoms with Crippen LogP contribution in [0.25, 0.3) is 0 Å². The summed E-state index contributed by atoms with van der Waals surface area (Å²) < 4.78 is 23.2. The highest BCUT2D eigenvalue weighted by atomic mass is 32.2. The number of nitrogens with zero attached hydrogens (tertiary/aromatic N) is 1. The third-order valence-corrected chi connectivity index (χ3v) is 6.11. The average Bonchev–Trinajstić information content (AvgIpc) is 2.58. The van der Waals surface area contributed by atoms with Crippen molar-refractivity contribution in [2.24, 2.45) is 0 Å². The Kier molecular flexibility index (Phi) is 3.54. The maximum absolute atomic E-state index is 11.6. The van der Waals surface area contributed by atoms with Gasteiger partial charge in [0, 0.05) is 24.2 Å². The number of sulfone groups is 1. The number of likely N-dealkylation sites (N-methyl/N-ethyl adjacent to an activating group) is 1. The third kappa shape index (κ3) is 2.83. The van der Waals surface area contributed by atoms with Crippen molar-refractivity contribution in [1.29, 1.82) is 0 Å². The first-order chi connectivity index (χ1) is 7.84. The fraction of sp³-hybridized carbons (Fsp3) is 1.00. The van der Waals surface area contributed by atoms with Gasteiger partial charge in [0.05, 0.1) is 11.5 Å². The Bertz CT molecular complexity index is 378. The number of likely N-dealkylation sites (tertiary alicyclic amines) is 1. The van der Waals surface area contributed by atoms with E-state index in [1.165, 1.54) is 6.42 Å². The van der Waals surface area contributed by atoms with Crippen molar-refractivity contribution < 1.29 is 8.42 Å². The van der Waals surface area contributed by atoms with E-state index in [9.17, 15) is 8.42 Å². The summed E-state index contributed by atoms with van der Waals surface area (Å²) in [5.41, 5.74) is 0.137. The summed E-state index contributed by atoms with van der Waals surface area (Å²) in [6.45, 7) is 5.46. The molecule has 17 heavy (non-hydrogen) atoms. The van der Waals surface area contributed by atoms with Gasteiger partial charge in [-0.1, -0.05) is 0 Å². The second kappa shape index (κ2) is 4.52. The van der Waals surface area contributed by atoms with Crippen molar-refractivity contribution in [3.05, 3.63) is 0 Å². The van der Waals surface area contributed by atoms with Gasteiger partial charge >= 0.3 is 0 Å². The van der Waals surface area contributed by atoms with E-state index in [-0.39, 0.29) is 11.6 Å². The van der Waals surface area contributed by atoms with E-state index in [2.05, 4.69) is 24.1 Å². The fourth-order valence-electron chi connectivity index (χ4n) is 3.15. The molecule has 0 radical (unpaired) electrons. The lowest BCUT2D eigenvalue weighted by molar-refractivity contribution is 0.0277. The summed E-state index contributed by atoms with van der Waals surface area (Å²) in [7, 11) is -0.789. The van der Waals surface area contributed by atoms with Gasteiger partial charge in [-0.3, -0.25) is 4.90 Å². The van der Waals surface area contributed by atoms with Crippen molar-refractivity contribution >= 4 is 9.84 Å². The molecule has 0 aliphatic carbocycles. The van der Waals surface area contributed by atoms with E-state index in [4.69, 9.17) is 0 Å². The molecule has 100 valence electrons. The van der Waals surface area contributed by atoms with Crippen molar-refractivity contribution in [2.45, 2.75) is 50.7 Å². The quantitative estimate of drug-likeness (QED) is 0.791. The maximum Gasteiger partial charge on any atom is 0.151 e. The van der Waals surface area contributed by atoms with Gasteiger partial charge in [-0.2, -0.15) is 0 Å². The van der Waals surface area contributed by atoms with Crippen LogP contribution in [0.4, 0.5) is 0 Å². The molecule has 0 aromatic carbocycles. The SMILES string of the molecule is CNC1CCC(C)(C)N(C2CCS(=O)(=O)C2)C1. The van der Waals surface area contributed by atoms with E-state index < -0.39 is 9.84 Å². The topological polar surface area (TPSA) is 49.4 Å². The van der Waals surface area contributed by atoms with Crippen LogP contribution in [-0.2, 0) is 9.84 Å². The Balaban J connectivity index is 2.11. The molecule has 0 amide bonds. The predicted molar refractivity (Wildman–Crippen MR) is 69.9 cm³/mol. The van der Waals surface area contributed by atoms with Gasteiger partial charge in [0.2, 0.25) is 0 Å². The first-order valence-corrected chi connectivity index (χ1v) is 8.31. The summed E-state index contributed by atoms with van der Waals surface area (Å²) >= 11 is 0. The molecule has 0 saturated carbocycles. The van der Waals surface area contributed by atoms with E-state index in [1.54, 1.807) is 0 Å². The van der Waals surface area contributed by atoms with Gasteiger partial charge in [0.15, 0.2) is 9.84 Å². The molecule has 2 heterocycles. The standard InChI is InChI=1S/C12H24N2O2S/c1-12(2)6-4-10(13-3)8-14(12)11-5-7-17(15,16)9-11/h10-11,13H,4-9H2,1-3H3. The lowest BCUT2D eigenvalue weighted by atomic mass is 9.86. The molecule has 2 unspecified atom stereocenters. The molecular formula is C12H24N2O2S. The molecule has 2 atom stereocenters. The lowest BCUT2D eigenvalue weighted by Crippen LogP contribution is -2.59. The van der Waals surface area contributed by atoms with Gasteiger partial charge in [-0.15, -0.1) is 0 Å². The highest BCUT2D eigenvalue weighted by molar-refractivity contribution is 7.91.